The van der Waals surface area contributed by atoms with E-state index in [-0.39, 0.29) is 11.6 Å². The van der Waals surface area contributed by atoms with Crippen LogP contribution in [0, 0.1) is 11.7 Å². The van der Waals surface area contributed by atoms with Crippen LogP contribution in [-0.4, -0.2) is 30.4 Å². The molecule has 2 N–H and O–H groups in total. The van der Waals surface area contributed by atoms with E-state index < -0.39 is 36.2 Å². The first-order valence-corrected chi connectivity index (χ1v) is 9.41. The van der Waals surface area contributed by atoms with Crippen LogP contribution in [0.2, 0.25) is 5.02 Å². The Labute approximate surface area is 173 Å². The number of hydrogen-bond donors (Lipinski definition) is 2. The van der Waals surface area contributed by atoms with Gasteiger partial charge >= 0.3 is 5.97 Å². The third-order valence-electron chi connectivity index (χ3n) is 3.90. The Bertz CT molecular complexity index is 871. The van der Waals surface area contributed by atoms with Crippen molar-refractivity contribution in [2.24, 2.45) is 5.92 Å². The van der Waals surface area contributed by atoms with Gasteiger partial charge in [0.25, 0.3) is 11.8 Å². The minimum atomic E-state index is -0.931. The zero-order valence-electron chi connectivity index (χ0n) is 16.1. The number of carbonyl (C=O) groups is 3. The number of halogens is 2. The van der Waals surface area contributed by atoms with Crippen molar-refractivity contribution in [2.45, 2.75) is 26.3 Å². The zero-order valence-corrected chi connectivity index (χ0v) is 16.8. The van der Waals surface area contributed by atoms with Gasteiger partial charge in [0.15, 0.2) is 6.61 Å². The van der Waals surface area contributed by atoms with Gasteiger partial charge in [0.1, 0.15) is 11.9 Å². The number of benzene rings is 2. The van der Waals surface area contributed by atoms with Crippen LogP contribution in [-0.2, 0) is 14.3 Å². The van der Waals surface area contributed by atoms with Crippen molar-refractivity contribution >= 4 is 35.1 Å². The largest absolute Gasteiger partial charge is 0.454 e. The molecule has 0 radical (unpaired) electrons. The molecule has 154 valence electrons. The SMILES string of the molecule is CC(C)CC(NC(=O)c1ccc(Cl)cc1)C(=O)OCC(=O)Nc1ccccc1F. The van der Waals surface area contributed by atoms with Crippen LogP contribution < -0.4 is 10.6 Å². The highest BCUT2D eigenvalue weighted by molar-refractivity contribution is 6.30. The summed E-state index contributed by atoms with van der Waals surface area (Å²) in [6.07, 6.45) is 0.326. The molecule has 0 fully saturated rings. The van der Waals surface area contributed by atoms with E-state index in [4.69, 9.17) is 16.3 Å². The zero-order chi connectivity index (χ0) is 21.4. The second kappa shape index (κ2) is 10.6. The number of rotatable bonds is 8. The number of carbonyl (C=O) groups excluding carboxylic acids is 3. The van der Waals surface area contributed by atoms with Crippen LogP contribution in [0.25, 0.3) is 0 Å². The summed E-state index contributed by atoms with van der Waals surface area (Å²) in [4.78, 5) is 36.7. The van der Waals surface area contributed by atoms with Gasteiger partial charge in [-0.15, -0.1) is 0 Å². The smallest absolute Gasteiger partial charge is 0.329 e. The number of hydrogen-bond acceptors (Lipinski definition) is 4. The van der Waals surface area contributed by atoms with E-state index >= 15 is 0 Å². The number of ether oxygens (including phenoxy) is 1. The van der Waals surface area contributed by atoms with E-state index in [9.17, 15) is 18.8 Å². The average molecular weight is 421 g/mol. The molecular weight excluding hydrogens is 399 g/mol. The molecule has 2 amide bonds. The Morgan fingerprint density at radius 3 is 2.34 bits per heavy atom. The van der Waals surface area contributed by atoms with Gasteiger partial charge in [-0.3, -0.25) is 9.59 Å². The number of anilines is 1. The van der Waals surface area contributed by atoms with Crippen LogP contribution in [0.3, 0.4) is 0 Å². The maximum atomic E-state index is 13.6. The first kappa shape index (κ1) is 22.4. The highest BCUT2D eigenvalue weighted by Gasteiger charge is 2.25. The number of para-hydroxylation sites is 1. The van der Waals surface area contributed by atoms with E-state index in [2.05, 4.69) is 10.6 Å². The molecule has 0 saturated carbocycles. The molecule has 2 rings (SSSR count). The molecule has 1 unspecified atom stereocenters. The third kappa shape index (κ3) is 7.19. The molecule has 0 saturated heterocycles. The van der Waals surface area contributed by atoms with Crippen LogP contribution >= 0.6 is 11.6 Å². The van der Waals surface area contributed by atoms with Gasteiger partial charge in [0.2, 0.25) is 0 Å². The number of esters is 1. The summed E-state index contributed by atoms with van der Waals surface area (Å²) in [5.74, 6) is -2.40. The van der Waals surface area contributed by atoms with Crippen LogP contribution in [0.1, 0.15) is 30.6 Å². The Hall–Kier alpha value is -2.93. The Morgan fingerprint density at radius 2 is 1.72 bits per heavy atom. The molecule has 6 nitrogen and oxygen atoms in total. The molecule has 0 aliphatic heterocycles. The molecule has 0 aliphatic carbocycles. The van der Waals surface area contributed by atoms with Gasteiger partial charge in [-0.25, -0.2) is 9.18 Å². The molecule has 29 heavy (non-hydrogen) atoms. The number of amides is 2. The number of nitrogens with one attached hydrogen (secondary N) is 2. The van der Waals surface area contributed by atoms with Crippen molar-refractivity contribution in [2.75, 3.05) is 11.9 Å². The molecule has 2 aromatic rings. The fraction of sp³-hybridized carbons (Fsp3) is 0.286. The van der Waals surface area contributed by atoms with E-state index in [1.54, 1.807) is 18.2 Å². The molecule has 2 aromatic carbocycles. The molecule has 8 heteroatoms. The second-order valence-electron chi connectivity index (χ2n) is 6.80. The molecule has 0 aliphatic rings. The minimum Gasteiger partial charge on any atom is -0.454 e. The molecule has 0 heterocycles. The van der Waals surface area contributed by atoms with Crippen LogP contribution in [0.15, 0.2) is 48.5 Å². The molecule has 0 aromatic heterocycles. The lowest BCUT2D eigenvalue weighted by Gasteiger charge is -2.19. The maximum absolute atomic E-state index is 13.6. The van der Waals surface area contributed by atoms with Gasteiger partial charge < -0.3 is 15.4 Å². The average Bonchev–Trinajstić information content (AvgIpc) is 2.67. The lowest BCUT2D eigenvalue weighted by atomic mass is 10.0. The molecule has 1 atom stereocenters. The Balaban J connectivity index is 1.95. The summed E-state index contributed by atoms with van der Waals surface area (Å²) >= 11 is 5.81. The molecule has 0 spiro atoms. The topological polar surface area (TPSA) is 84.5 Å². The Morgan fingerprint density at radius 1 is 1.07 bits per heavy atom. The maximum Gasteiger partial charge on any atom is 0.329 e. The summed E-state index contributed by atoms with van der Waals surface area (Å²) < 4.78 is 18.6. The normalized spacial score (nSPS) is 11.6. The van der Waals surface area contributed by atoms with E-state index in [0.29, 0.717) is 17.0 Å². The van der Waals surface area contributed by atoms with Gasteiger partial charge in [-0.05, 0) is 48.7 Å². The van der Waals surface area contributed by atoms with Gasteiger partial charge in [0.05, 0.1) is 5.69 Å². The van der Waals surface area contributed by atoms with Crippen molar-refractivity contribution < 1.29 is 23.5 Å². The van der Waals surface area contributed by atoms with Gasteiger partial charge in [-0.2, -0.15) is 0 Å². The summed E-state index contributed by atoms with van der Waals surface area (Å²) in [6, 6.07) is 10.9. The first-order chi connectivity index (χ1) is 13.8. The lowest BCUT2D eigenvalue weighted by molar-refractivity contribution is -0.149. The quantitative estimate of drug-likeness (QED) is 0.636. The molecule has 0 bridgehead atoms. The van der Waals surface area contributed by atoms with E-state index in [1.807, 2.05) is 13.8 Å². The fourth-order valence-electron chi connectivity index (χ4n) is 2.51. The summed E-state index contributed by atoms with van der Waals surface area (Å²) in [5.41, 5.74) is 0.330. The van der Waals surface area contributed by atoms with Crippen molar-refractivity contribution in [3.63, 3.8) is 0 Å². The summed E-state index contributed by atoms with van der Waals surface area (Å²) in [5, 5.41) is 5.43. The predicted octanol–water partition coefficient (Wildman–Crippen LogP) is 3.81. The molecular formula is C21H22ClFN2O4. The van der Waals surface area contributed by atoms with Crippen molar-refractivity contribution in [1.82, 2.24) is 5.32 Å². The monoisotopic (exact) mass is 420 g/mol. The van der Waals surface area contributed by atoms with E-state index in [0.717, 1.165) is 0 Å². The predicted molar refractivity (Wildman–Crippen MR) is 108 cm³/mol. The summed E-state index contributed by atoms with van der Waals surface area (Å²) in [6.45, 7) is 3.18. The van der Waals surface area contributed by atoms with Gasteiger partial charge in [-0.1, -0.05) is 37.6 Å². The summed E-state index contributed by atoms with van der Waals surface area (Å²) in [7, 11) is 0. The third-order valence-corrected chi connectivity index (χ3v) is 4.15. The fourth-order valence-corrected chi connectivity index (χ4v) is 2.64. The Kier molecular flexibility index (Phi) is 8.15. The minimum absolute atomic E-state index is 0.0108. The van der Waals surface area contributed by atoms with Crippen LogP contribution in [0.4, 0.5) is 10.1 Å². The lowest BCUT2D eigenvalue weighted by Crippen LogP contribution is -2.43. The standard InChI is InChI=1S/C21H22ClFN2O4/c1-13(2)11-18(25-20(27)14-7-9-15(22)10-8-14)21(28)29-12-19(26)24-17-6-4-3-5-16(17)23/h3-10,13,18H,11-12H2,1-2H3,(H,24,26)(H,25,27). The van der Waals surface area contributed by atoms with Gasteiger partial charge in [0, 0.05) is 10.6 Å². The highest BCUT2D eigenvalue weighted by atomic mass is 35.5. The first-order valence-electron chi connectivity index (χ1n) is 9.03. The van der Waals surface area contributed by atoms with Crippen LogP contribution in [0.5, 0.6) is 0 Å². The van der Waals surface area contributed by atoms with Crippen molar-refractivity contribution in [1.29, 1.82) is 0 Å². The highest BCUT2D eigenvalue weighted by Crippen LogP contribution is 2.13. The van der Waals surface area contributed by atoms with E-state index in [1.165, 1.54) is 30.3 Å². The van der Waals surface area contributed by atoms with Crippen molar-refractivity contribution in [3.8, 4) is 0 Å². The second-order valence-corrected chi connectivity index (χ2v) is 7.23. The van der Waals surface area contributed by atoms with Crippen molar-refractivity contribution in [3.05, 3.63) is 64.9 Å².